The van der Waals surface area contributed by atoms with Crippen molar-refractivity contribution in [3.63, 3.8) is 0 Å². The molecule has 1 heterocycles. The van der Waals surface area contributed by atoms with E-state index < -0.39 is 5.97 Å². The van der Waals surface area contributed by atoms with E-state index in [2.05, 4.69) is 0 Å². The lowest BCUT2D eigenvalue weighted by Gasteiger charge is -2.05. The maximum atomic E-state index is 11.6. The highest BCUT2D eigenvalue weighted by Crippen LogP contribution is 2.28. The molecule has 2 aromatic carbocycles. The van der Waals surface area contributed by atoms with Crippen LogP contribution in [0.15, 0.2) is 60.9 Å². The van der Waals surface area contributed by atoms with Crippen LogP contribution in [0.2, 0.25) is 5.02 Å². The Balaban J connectivity index is 1.98. The van der Waals surface area contributed by atoms with Crippen LogP contribution >= 0.6 is 11.6 Å². The lowest BCUT2D eigenvalue weighted by atomic mass is 10.0. The van der Waals surface area contributed by atoms with E-state index in [1.165, 1.54) is 0 Å². The fourth-order valence-electron chi connectivity index (χ4n) is 2.59. The van der Waals surface area contributed by atoms with Crippen molar-refractivity contribution in [3.8, 4) is 16.9 Å². The highest BCUT2D eigenvalue weighted by molar-refractivity contribution is 6.31. The highest BCUT2D eigenvalue weighted by Gasteiger charge is 2.15. The Morgan fingerprint density at radius 3 is 2.46 bits per heavy atom. The molecule has 3 aromatic rings. The normalized spacial score (nSPS) is 10.6. The maximum absolute atomic E-state index is 11.6. The average molecular weight is 342 g/mol. The number of aromatic nitrogens is 1. The van der Waals surface area contributed by atoms with Crippen molar-refractivity contribution in [2.75, 3.05) is 7.11 Å². The molecule has 0 saturated carbocycles. The summed E-state index contributed by atoms with van der Waals surface area (Å²) < 4.78 is 6.98. The highest BCUT2D eigenvalue weighted by atomic mass is 35.5. The summed E-state index contributed by atoms with van der Waals surface area (Å²) in [4.78, 5) is 11.6. The summed E-state index contributed by atoms with van der Waals surface area (Å²) in [5.41, 5.74) is 2.68. The van der Waals surface area contributed by atoms with Crippen molar-refractivity contribution >= 4 is 17.6 Å². The molecule has 0 aliphatic heterocycles. The van der Waals surface area contributed by atoms with Crippen molar-refractivity contribution < 1.29 is 14.6 Å². The third-order valence-electron chi connectivity index (χ3n) is 3.82. The van der Waals surface area contributed by atoms with E-state index in [0.29, 0.717) is 17.1 Å². The SMILES string of the molecule is COc1ccc(-c2cn(Cc3ccccc3Cl)cc2C(=O)O)cc1. The van der Waals surface area contributed by atoms with Crippen molar-refractivity contribution in [2.45, 2.75) is 6.54 Å². The van der Waals surface area contributed by atoms with Gasteiger partial charge < -0.3 is 14.4 Å². The predicted molar refractivity (Wildman–Crippen MR) is 93.9 cm³/mol. The van der Waals surface area contributed by atoms with Gasteiger partial charge in [-0.05, 0) is 29.3 Å². The van der Waals surface area contributed by atoms with Gasteiger partial charge in [0.15, 0.2) is 0 Å². The fraction of sp³-hybridized carbons (Fsp3) is 0.105. The monoisotopic (exact) mass is 341 g/mol. The minimum absolute atomic E-state index is 0.257. The third-order valence-corrected chi connectivity index (χ3v) is 4.19. The van der Waals surface area contributed by atoms with E-state index in [0.717, 1.165) is 16.9 Å². The molecule has 0 fully saturated rings. The second kappa shape index (κ2) is 6.81. The number of benzene rings is 2. The molecule has 0 spiro atoms. The van der Waals surface area contributed by atoms with Crippen LogP contribution in [-0.2, 0) is 6.54 Å². The van der Waals surface area contributed by atoms with Crippen molar-refractivity contribution in [2.24, 2.45) is 0 Å². The Hall–Kier alpha value is -2.72. The molecule has 1 N–H and O–H groups in total. The van der Waals surface area contributed by atoms with Gasteiger partial charge in [-0.1, -0.05) is 41.9 Å². The summed E-state index contributed by atoms with van der Waals surface area (Å²) in [6, 6.07) is 14.8. The van der Waals surface area contributed by atoms with Crippen LogP contribution < -0.4 is 4.74 Å². The number of rotatable bonds is 5. The second-order valence-corrected chi connectivity index (χ2v) is 5.79. The average Bonchev–Trinajstić information content (AvgIpc) is 3.01. The first-order valence-corrected chi connectivity index (χ1v) is 7.77. The van der Waals surface area contributed by atoms with Crippen LogP contribution in [-0.4, -0.2) is 22.8 Å². The number of hydrogen-bond donors (Lipinski definition) is 1. The van der Waals surface area contributed by atoms with E-state index in [9.17, 15) is 9.90 Å². The van der Waals surface area contributed by atoms with Crippen molar-refractivity contribution in [3.05, 3.63) is 77.1 Å². The van der Waals surface area contributed by atoms with Gasteiger partial charge in [-0.3, -0.25) is 0 Å². The summed E-state index contributed by atoms with van der Waals surface area (Å²) in [5, 5.41) is 10.2. The van der Waals surface area contributed by atoms with E-state index in [1.54, 1.807) is 13.3 Å². The molecule has 0 bridgehead atoms. The minimum Gasteiger partial charge on any atom is -0.497 e. The number of nitrogens with zero attached hydrogens (tertiary/aromatic N) is 1. The van der Waals surface area contributed by atoms with Crippen LogP contribution in [0, 0.1) is 0 Å². The van der Waals surface area contributed by atoms with Crippen LogP contribution in [0.25, 0.3) is 11.1 Å². The van der Waals surface area contributed by atoms with E-state index >= 15 is 0 Å². The number of aromatic carboxylic acids is 1. The molecule has 0 unspecified atom stereocenters. The number of carboxylic acid groups (broad SMARTS) is 1. The molecule has 0 saturated heterocycles. The quantitative estimate of drug-likeness (QED) is 0.740. The lowest BCUT2D eigenvalue weighted by molar-refractivity contribution is 0.0697. The van der Waals surface area contributed by atoms with Gasteiger partial charge in [-0.15, -0.1) is 0 Å². The van der Waals surface area contributed by atoms with Gasteiger partial charge in [0, 0.05) is 29.5 Å². The largest absolute Gasteiger partial charge is 0.497 e. The van der Waals surface area contributed by atoms with Crippen LogP contribution in [0.4, 0.5) is 0 Å². The first-order chi connectivity index (χ1) is 11.6. The van der Waals surface area contributed by atoms with Gasteiger partial charge >= 0.3 is 5.97 Å². The Morgan fingerprint density at radius 1 is 1.12 bits per heavy atom. The Kier molecular flexibility index (Phi) is 4.58. The van der Waals surface area contributed by atoms with Crippen LogP contribution in [0.3, 0.4) is 0 Å². The van der Waals surface area contributed by atoms with Crippen LogP contribution in [0.1, 0.15) is 15.9 Å². The Bertz CT molecular complexity index is 869. The molecule has 0 aliphatic rings. The molecule has 122 valence electrons. The Labute approximate surface area is 144 Å². The van der Waals surface area contributed by atoms with Gasteiger partial charge in [0.25, 0.3) is 0 Å². The van der Waals surface area contributed by atoms with Crippen molar-refractivity contribution in [1.82, 2.24) is 4.57 Å². The number of methoxy groups -OCH3 is 1. The standard InChI is InChI=1S/C19H16ClNO3/c1-24-15-8-6-13(7-9-15)16-11-21(12-17(16)19(22)23)10-14-4-2-3-5-18(14)20/h2-9,11-12H,10H2,1H3,(H,22,23). The fourth-order valence-corrected chi connectivity index (χ4v) is 2.79. The molecule has 5 heteroatoms. The van der Waals surface area contributed by atoms with Gasteiger partial charge in [0.1, 0.15) is 5.75 Å². The van der Waals surface area contributed by atoms with E-state index in [-0.39, 0.29) is 5.56 Å². The minimum atomic E-state index is -0.960. The van der Waals surface area contributed by atoms with Crippen molar-refractivity contribution in [1.29, 1.82) is 0 Å². The van der Waals surface area contributed by atoms with Gasteiger partial charge in [-0.25, -0.2) is 4.79 Å². The summed E-state index contributed by atoms with van der Waals surface area (Å²) in [5.74, 6) is -0.232. The number of carboxylic acids is 1. The first kappa shape index (κ1) is 16.1. The summed E-state index contributed by atoms with van der Waals surface area (Å²) >= 11 is 6.19. The zero-order valence-corrected chi connectivity index (χ0v) is 13.8. The Morgan fingerprint density at radius 2 is 1.83 bits per heavy atom. The third kappa shape index (κ3) is 3.29. The van der Waals surface area contributed by atoms with Crippen LogP contribution in [0.5, 0.6) is 5.75 Å². The number of halogens is 1. The molecule has 0 aliphatic carbocycles. The summed E-state index contributed by atoms with van der Waals surface area (Å²) in [6.07, 6.45) is 3.46. The smallest absolute Gasteiger partial charge is 0.337 e. The molecule has 24 heavy (non-hydrogen) atoms. The molecular weight excluding hydrogens is 326 g/mol. The molecule has 0 radical (unpaired) electrons. The van der Waals surface area contributed by atoms with Gasteiger partial charge in [0.2, 0.25) is 0 Å². The van der Waals surface area contributed by atoms with E-state index in [1.807, 2.05) is 59.3 Å². The second-order valence-electron chi connectivity index (χ2n) is 5.38. The zero-order chi connectivity index (χ0) is 17.1. The lowest BCUT2D eigenvalue weighted by Crippen LogP contribution is -1.98. The van der Waals surface area contributed by atoms with E-state index in [4.69, 9.17) is 16.3 Å². The molecule has 0 atom stereocenters. The predicted octanol–water partition coefficient (Wildman–Crippen LogP) is 4.56. The maximum Gasteiger partial charge on any atom is 0.337 e. The molecule has 3 rings (SSSR count). The van der Waals surface area contributed by atoms with Gasteiger partial charge in [0.05, 0.1) is 12.7 Å². The molecule has 4 nitrogen and oxygen atoms in total. The molecule has 1 aromatic heterocycles. The number of hydrogen-bond acceptors (Lipinski definition) is 2. The summed E-state index contributed by atoms with van der Waals surface area (Å²) in [7, 11) is 1.60. The molecular formula is C19H16ClNO3. The topological polar surface area (TPSA) is 51.5 Å². The zero-order valence-electron chi connectivity index (χ0n) is 13.1. The number of carbonyl (C=O) groups is 1. The first-order valence-electron chi connectivity index (χ1n) is 7.39. The number of ether oxygens (including phenoxy) is 1. The summed E-state index contributed by atoms with van der Waals surface area (Å²) in [6.45, 7) is 0.510. The van der Waals surface area contributed by atoms with Gasteiger partial charge in [-0.2, -0.15) is 0 Å². The molecule has 0 amide bonds.